The van der Waals surface area contributed by atoms with Gasteiger partial charge in [-0.25, -0.2) is 19.4 Å². The summed E-state index contributed by atoms with van der Waals surface area (Å²) >= 11 is 4.61. The molecule has 8 N–H and O–H groups in total. The molecule has 1 saturated heterocycles. The number of oxime groups is 1. The number of aromatic hydroxyl groups is 2. The highest BCUT2D eigenvalue weighted by Gasteiger charge is 2.54. The minimum Gasteiger partial charge on any atom is -0.504 e. The van der Waals surface area contributed by atoms with Gasteiger partial charge in [-0.3, -0.25) is 23.7 Å². The number of nitrogens with one attached hydrogen (secondary N) is 2. The number of carboxylic acid groups (broad SMARTS) is 2. The molecule has 1 aromatic carbocycles. The molecule has 18 nitrogen and oxygen atoms in total. The average Bonchev–Trinajstić information content (AvgIpc) is 3.66. The van der Waals surface area contributed by atoms with E-state index in [1.54, 1.807) is 20.8 Å². The van der Waals surface area contributed by atoms with E-state index in [-0.39, 0.29) is 37.1 Å². The smallest absolute Gasteiger partial charge is 0.361 e. The fourth-order valence-electron chi connectivity index (χ4n) is 4.59. The zero-order chi connectivity index (χ0) is 38.1. The van der Waals surface area contributed by atoms with Gasteiger partial charge in [0.1, 0.15) is 28.4 Å². The normalized spacial score (nSPS) is 17.9. The van der Waals surface area contributed by atoms with Gasteiger partial charge in [-0.2, -0.15) is 0 Å². The molecule has 3 aromatic rings. The van der Waals surface area contributed by atoms with Crippen LogP contribution in [0.3, 0.4) is 0 Å². The number of thiazole rings is 1. The van der Waals surface area contributed by atoms with Gasteiger partial charge in [-0.05, 0) is 44.5 Å². The van der Waals surface area contributed by atoms with Crippen molar-refractivity contribution in [2.75, 3.05) is 17.2 Å². The van der Waals surface area contributed by atoms with Crippen LogP contribution in [0.15, 0.2) is 53.9 Å². The van der Waals surface area contributed by atoms with Gasteiger partial charge < -0.3 is 41.1 Å². The summed E-state index contributed by atoms with van der Waals surface area (Å²) in [6, 6.07) is 2.55. The second kappa shape index (κ2) is 15.5. The van der Waals surface area contributed by atoms with E-state index < -0.39 is 80.5 Å². The van der Waals surface area contributed by atoms with Gasteiger partial charge in [-0.1, -0.05) is 28.5 Å². The number of amides is 2. The van der Waals surface area contributed by atoms with Gasteiger partial charge in [0.15, 0.2) is 27.9 Å². The van der Waals surface area contributed by atoms with Crippen molar-refractivity contribution in [3.05, 3.63) is 56.5 Å². The van der Waals surface area contributed by atoms with Crippen molar-refractivity contribution >= 4 is 98.7 Å². The number of carbonyl (C=O) groups is 5. The Morgan fingerprint density at radius 1 is 1.17 bits per heavy atom. The number of nitrogens with two attached hydrogens (primary N) is 1. The second-order valence-corrected chi connectivity index (χ2v) is 16.8. The Labute approximate surface area is 313 Å². The monoisotopic (exact) mass is 812 g/mol. The number of fused-ring (bicyclic) bond motifs is 1. The molecule has 2 aromatic heterocycles. The van der Waals surface area contributed by atoms with Gasteiger partial charge in [0.05, 0.1) is 4.21 Å². The number of carbonyl (C=O) groups excluding carboxylic acids is 3. The SMILES string of the molecule is CC(C)(C)OC(=O)C(O/N=C(\C(=O)NC1C(=O)N2C(C(=O)O)=C(CSc3s[nH]c(=O)c3C(=O)O)CSC12)c1csc(N)n1)Sc1ccc(O)c(O)c1. The Bertz CT molecular complexity index is 2070. The summed E-state index contributed by atoms with van der Waals surface area (Å²) < 4.78 is 7.92. The molecular weight excluding hydrogens is 785 g/mol. The molecule has 2 aliphatic rings. The maximum absolute atomic E-state index is 13.7. The fourth-order valence-corrected chi connectivity index (χ4v) is 9.40. The Kier molecular flexibility index (Phi) is 11.5. The number of ether oxygens (including phenoxy) is 1. The number of anilines is 1. The number of aliphatic carboxylic acids is 1. The van der Waals surface area contributed by atoms with Gasteiger partial charge >= 0.3 is 17.9 Å². The number of H-pyrrole nitrogens is 1. The van der Waals surface area contributed by atoms with Gasteiger partial charge in [0.25, 0.3) is 22.8 Å². The zero-order valence-corrected chi connectivity index (χ0v) is 31.1. The van der Waals surface area contributed by atoms with E-state index in [1.807, 2.05) is 0 Å². The van der Waals surface area contributed by atoms with Crippen molar-refractivity contribution < 1.29 is 54.0 Å². The molecule has 0 saturated carbocycles. The standard InChI is InChI=1S/C29H28N6O12S5/c1-29(2,3)46-25(45)26(51-11-4-5-13(36)14(37)6-11)47-33-16(12-9-50-28(30)31-12)20(39)32-17-21(40)35-18(24(43)44)10(7-48-22(17)35)8-49-27-15(23(41)42)19(38)34-52-27/h4-6,9,17,22,26,36-37H,7-8H2,1-3H3,(H2,30,31)(H,32,39)(H,34,38)(H,41,42)(H,43,44)/b33-16-. The molecular formula is C29H28N6O12S5. The number of esters is 1. The summed E-state index contributed by atoms with van der Waals surface area (Å²) in [5.41, 5.74) is 1.48. The number of aromatic nitrogens is 2. The summed E-state index contributed by atoms with van der Waals surface area (Å²) in [5.74, 6) is -6.27. The third-order valence-corrected chi connectivity index (χ3v) is 12.1. The first kappa shape index (κ1) is 38.5. The zero-order valence-electron chi connectivity index (χ0n) is 27.0. The summed E-state index contributed by atoms with van der Waals surface area (Å²) in [5, 5.41) is 46.1. The van der Waals surface area contributed by atoms with Crippen LogP contribution in [0.4, 0.5) is 5.13 Å². The average molecular weight is 813 g/mol. The summed E-state index contributed by atoms with van der Waals surface area (Å²) in [6.45, 7) is 4.86. The number of phenols is 2. The molecule has 1 fully saturated rings. The highest BCUT2D eigenvalue weighted by molar-refractivity contribution is 8.02. The Hall–Kier alpha value is -4.71. The van der Waals surface area contributed by atoms with Crippen LogP contribution in [0.5, 0.6) is 11.5 Å². The molecule has 0 radical (unpaired) electrons. The summed E-state index contributed by atoms with van der Waals surface area (Å²) in [7, 11) is 0. The van der Waals surface area contributed by atoms with Gasteiger partial charge in [0.2, 0.25) is 0 Å². The van der Waals surface area contributed by atoms with Gasteiger partial charge in [-0.15, -0.1) is 34.9 Å². The fraction of sp³-hybridized carbons (Fsp3) is 0.310. The molecule has 4 heterocycles. The number of thioether (sulfide) groups is 3. The maximum Gasteiger partial charge on any atom is 0.361 e. The number of benzene rings is 1. The number of hydrogen-bond acceptors (Lipinski definition) is 18. The van der Waals surface area contributed by atoms with E-state index in [0.29, 0.717) is 5.57 Å². The van der Waals surface area contributed by atoms with Crippen LogP contribution in [0.2, 0.25) is 0 Å². The van der Waals surface area contributed by atoms with Crippen molar-refractivity contribution in [3.63, 3.8) is 0 Å². The van der Waals surface area contributed by atoms with Gasteiger partial charge in [0, 0.05) is 21.8 Å². The number of carboxylic acids is 2. The molecule has 0 bridgehead atoms. The lowest BCUT2D eigenvalue weighted by Crippen LogP contribution is -2.71. The third kappa shape index (κ3) is 8.49. The lowest BCUT2D eigenvalue weighted by molar-refractivity contribution is -0.162. The molecule has 2 amide bonds. The Morgan fingerprint density at radius 2 is 1.90 bits per heavy atom. The molecule has 3 atom stereocenters. The van der Waals surface area contributed by atoms with Crippen LogP contribution in [-0.2, 0) is 28.8 Å². The number of aromatic amines is 1. The molecule has 0 aliphatic carbocycles. The number of rotatable bonds is 13. The van der Waals surface area contributed by atoms with E-state index in [0.717, 1.165) is 63.1 Å². The quantitative estimate of drug-likeness (QED) is 0.0248. The van der Waals surface area contributed by atoms with Crippen LogP contribution in [0.1, 0.15) is 36.8 Å². The largest absolute Gasteiger partial charge is 0.504 e. The van der Waals surface area contributed by atoms with Crippen LogP contribution in [0, 0.1) is 0 Å². The predicted octanol–water partition coefficient (Wildman–Crippen LogP) is 2.30. The van der Waals surface area contributed by atoms with Crippen molar-refractivity contribution in [1.82, 2.24) is 19.6 Å². The predicted molar refractivity (Wildman–Crippen MR) is 192 cm³/mol. The second-order valence-electron chi connectivity index (χ2n) is 11.7. The number of β-lactam (4-membered cyclic amide) rings is 1. The number of phenolic OH excluding ortho intramolecular Hbond substituents is 2. The maximum atomic E-state index is 13.7. The Morgan fingerprint density at radius 3 is 2.52 bits per heavy atom. The van der Waals surface area contributed by atoms with Crippen molar-refractivity contribution in [1.29, 1.82) is 0 Å². The van der Waals surface area contributed by atoms with Crippen LogP contribution in [-0.4, -0.2) is 104 Å². The van der Waals surface area contributed by atoms with E-state index in [9.17, 15) is 49.2 Å². The summed E-state index contributed by atoms with van der Waals surface area (Å²) in [6.07, 6.45) is 0. The highest BCUT2D eigenvalue weighted by atomic mass is 32.2. The number of nitrogen functional groups attached to an aromatic ring is 1. The molecule has 23 heteroatoms. The first-order chi connectivity index (χ1) is 24.4. The third-order valence-electron chi connectivity index (χ3n) is 6.80. The van der Waals surface area contributed by atoms with Crippen LogP contribution in [0.25, 0.3) is 0 Å². The van der Waals surface area contributed by atoms with E-state index in [4.69, 9.17) is 15.3 Å². The first-order valence-electron chi connectivity index (χ1n) is 14.6. The van der Waals surface area contributed by atoms with E-state index in [1.165, 1.54) is 23.6 Å². The highest BCUT2D eigenvalue weighted by Crippen LogP contribution is 2.42. The molecule has 3 unspecified atom stereocenters. The topological polar surface area (TPSA) is 284 Å². The lowest BCUT2D eigenvalue weighted by atomic mass is 10.0. The van der Waals surface area contributed by atoms with Crippen molar-refractivity contribution in [3.8, 4) is 11.5 Å². The number of hydrogen-bond donors (Lipinski definition) is 7. The van der Waals surface area contributed by atoms with Crippen LogP contribution >= 0.6 is 58.2 Å². The van der Waals surface area contributed by atoms with Crippen molar-refractivity contribution in [2.24, 2.45) is 5.16 Å². The number of aromatic carboxylic acids is 1. The molecule has 276 valence electrons. The molecule has 2 aliphatic heterocycles. The van der Waals surface area contributed by atoms with Crippen molar-refractivity contribution in [2.45, 2.75) is 52.3 Å². The molecule has 0 spiro atoms. The number of nitrogens with zero attached hydrogens (tertiary/aromatic N) is 3. The first-order valence-corrected chi connectivity index (χ1v) is 19.2. The van der Waals surface area contributed by atoms with E-state index in [2.05, 4.69) is 19.8 Å². The molecule has 5 rings (SSSR count). The lowest BCUT2D eigenvalue weighted by Gasteiger charge is -2.49. The minimum atomic E-state index is -1.55. The minimum absolute atomic E-state index is 0.0315. The Balaban J connectivity index is 1.36. The summed E-state index contributed by atoms with van der Waals surface area (Å²) in [4.78, 5) is 86.8. The van der Waals surface area contributed by atoms with E-state index >= 15 is 0 Å². The molecule has 52 heavy (non-hydrogen) atoms. The van der Waals surface area contributed by atoms with Crippen LogP contribution < -0.4 is 16.6 Å².